The Morgan fingerprint density at radius 2 is 1.79 bits per heavy atom. The van der Waals surface area contributed by atoms with E-state index in [9.17, 15) is 15.0 Å². The zero-order valence-electron chi connectivity index (χ0n) is 16.4. The molecule has 0 bridgehead atoms. The van der Waals surface area contributed by atoms with E-state index in [4.69, 9.17) is 9.16 Å². The molecular weight excluding hydrogens is 326 g/mol. The normalized spacial score (nSPS) is 24.2. The van der Waals surface area contributed by atoms with Gasteiger partial charge in [-0.1, -0.05) is 20.8 Å². The average Bonchev–Trinajstić information content (AvgIpc) is 2.77. The van der Waals surface area contributed by atoms with E-state index in [0.717, 1.165) is 0 Å². The highest BCUT2D eigenvalue weighted by atomic mass is 28.4. The van der Waals surface area contributed by atoms with Crippen LogP contribution in [0.3, 0.4) is 0 Å². The number of likely N-dealkylation sites (tertiary alicyclic amines) is 1. The summed E-state index contributed by atoms with van der Waals surface area (Å²) >= 11 is 0. The van der Waals surface area contributed by atoms with Crippen molar-refractivity contribution in [2.45, 2.75) is 89.9 Å². The molecule has 1 unspecified atom stereocenters. The van der Waals surface area contributed by atoms with Crippen molar-refractivity contribution in [1.82, 2.24) is 4.90 Å². The van der Waals surface area contributed by atoms with Gasteiger partial charge in [-0.05, 0) is 45.3 Å². The van der Waals surface area contributed by atoms with E-state index in [0.29, 0.717) is 13.0 Å². The maximum atomic E-state index is 12.5. The molecule has 1 fully saturated rings. The lowest BCUT2D eigenvalue weighted by molar-refractivity contribution is -0.00635. The molecule has 1 amide bonds. The first kappa shape index (κ1) is 21.4. The van der Waals surface area contributed by atoms with Gasteiger partial charge >= 0.3 is 6.09 Å². The molecule has 0 saturated carbocycles. The second-order valence-electron chi connectivity index (χ2n) is 9.19. The highest BCUT2D eigenvalue weighted by molar-refractivity contribution is 6.74. The van der Waals surface area contributed by atoms with E-state index in [1.165, 1.54) is 4.90 Å². The predicted octanol–water partition coefficient (Wildman–Crippen LogP) is 2.74. The van der Waals surface area contributed by atoms with E-state index in [1.807, 2.05) is 20.8 Å². The molecule has 0 aromatic carbocycles. The Hall–Kier alpha value is -0.633. The number of carbonyl (C=O) groups excluding carboxylic acids is 1. The molecule has 1 aliphatic heterocycles. The number of ether oxygens (including phenoxy) is 1. The quantitative estimate of drug-likeness (QED) is 0.753. The van der Waals surface area contributed by atoms with Crippen molar-refractivity contribution in [3.05, 3.63) is 0 Å². The average molecular weight is 362 g/mol. The van der Waals surface area contributed by atoms with Crippen molar-refractivity contribution in [3.63, 3.8) is 0 Å². The van der Waals surface area contributed by atoms with Gasteiger partial charge in [0.2, 0.25) is 0 Å². The van der Waals surface area contributed by atoms with Gasteiger partial charge in [-0.3, -0.25) is 4.90 Å². The van der Waals surface area contributed by atoms with Crippen LogP contribution in [0.2, 0.25) is 18.1 Å². The molecule has 142 valence electrons. The van der Waals surface area contributed by atoms with Crippen LogP contribution in [0.15, 0.2) is 0 Å². The zero-order chi connectivity index (χ0) is 18.9. The molecule has 0 spiro atoms. The molecule has 1 heterocycles. The first-order chi connectivity index (χ1) is 10.7. The Balaban J connectivity index is 2.90. The van der Waals surface area contributed by atoms with Crippen LogP contribution in [0.25, 0.3) is 0 Å². The minimum Gasteiger partial charge on any atom is -0.444 e. The van der Waals surface area contributed by atoms with Gasteiger partial charge in [-0.25, -0.2) is 4.79 Å². The van der Waals surface area contributed by atoms with Gasteiger partial charge in [-0.15, -0.1) is 0 Å². The van der Waals surface area contributed by atoms with E-state index >= 15 is 0 Å². The third-order valence-corrected chi connectivity index (χ3v) is 9.37. The molecule has 3 atom stereocenters. The molecule has 1 rings (SSSR count). The maximum absolute atomic E-state index is 12.5. The number of hydrogen-bond acceptors (Lipinski definition) is 5. The molecule has 0 aromatic rings. The Bertz CT molecular complexity index is 441. The molecule has 7 heteroatoms. The number of nitrogens with zero attached hydrogens (tertiary/aromatic N) is 1. The number of hydrogen-bond donors (Lipinski definition) is 2. The molecule has 0 aromatic heterocycles. The number of carbonyl (C=O) groups is 1. The van der Waals surface area contributed by atoms with Crippen LogP contribution in [-0.4, -0.2) is 66.5 Å². The Morgan fingerprint density at radius 3 is 2.21 bits per heavy atom. The fourth-order valence-electron chi connectivity index (χ4n) is 2.52. The minimum absolute atomic E-state index is 0.0669. The van der Waals surface area contributed by atoms with Crippen molar-refractivity contribution in [1.29, 1.82) is 0 Å². The molecule has 0 radical (unpaired) electrons. The largest absolute Gasteiger partial charge is 0.444 e. The summed E-state index contributed by atoms with van der Waals surface area (Å²) in [6.45, 7) is 16.2. The van der Waals surface area contributed by atoms with Gasteiger partial charge in [-0.2, -0.15) is 0 Å². The number of aliphatic hydroxyl groups is 2. The summed E-state index contributed by atoms with van der Waals surface area (Å²) in [6, 6.07) is -0.486. The molecule has 1 saturated heterocycles. The predicted molar refractivity (Wildman–Crippen MR) is 96.5 cm³/mol. The van der Waals surface area contributed by atoms with Gasteiger partial charge in [0.1, 0.15) is 5.60 Å². The summed E-state index contributed by atoms with van der Waals surface area (Å²) < 4.78 is 11.8. The lowest BCUT2D eigenvalue weighted by Crippen LogP contribution is -2.46. The van der Waals surface area contributed by atoms with Crippen LogP contribution in [0.1, 0.15) is 48.0 Å². The molecule has 6 nitrogen and oxygen atoms in total. The van der Waals surface area contributed by atoms with Crippen LogP contribution in [0.5, 0.6) is 0 Å². The fraction of sp³-hybridized carbons (Fsp3) is 0.941. The standard InChI is InChI=1S/C17H35NO5Si/c1-16(2,3)22-15(21)18-10-12(9-13(18)14(20)11-19)23-24(7,8)17(4,5)6/h12-14,19-20H,9-11H2,1-8H3/t12-,13+,14?/m1/s1. The van der Waals surface area contributed by atoms with Crippen molar-refractivity contribution in [3.8, 4) is 0 Å². The van der Waals surface area contributed by atoms with Crippen molar-refractivity contribution in [2.75, 3.05) is 13.2 Å². The molecule has 1 aliphatic rings. The SMILES string of the molecule is CC(C)(C)OC(=O)N1C[C@H](O[Si](C)(C)C(C)(C)C)C[C@H]1C(O)CO. The summed E-state index contributed by atoms with van der Waals surface area (Å²) in [7, 11) is -1.98. The Morgan fingerprint density at radius 1 is 1.25 bits per heavy atom. The third kappa shape index (κ3) is 5.44. The summed E-state index contributed by atoms with van der Waals surface area (Å²) in [5.74, 6) is 0. The van der Waals surface area contributed by atoms with Crippen LogP contribution in [-0.2, 0) is 9.16 Å². The second-order valence-corrected chi connectivity index (χ2v) is 13.9. The second kappa shape index (κ2) is 7.31. The molecule has 2 N–H and O–H groups in total. The van der Waals surface area contributed by atoms with Gasteiger partial charge in [0.05, 0.1) is 24.9 Å². The van der Waals surface area contributed by atoms with Crippen LogP contribution in [0, 0.1) is 0 Å². The van der Waals surface area contributed by atoms with Gasteiger partial charge < -0.3 is 19.4 Å². The number of amides is 1. The van der Waals surface area contributed by atoms with E-state index in [-0.39, 0.29) is 11.1 Å². The van der Waals surface area contributed by atoms with Crippen LogP contribution < -0.4 is 0 Å². The third-order valence-electron chi connectivity index (χ3n) is 4.83. The smallest absolute Gasteiger partial charge is 0.410 e. The van der Waals surface area contributed by atoms with E-state index in [2.05, 4.69) is 33.9 Å². The maximum Gasteiger partial charge on any atom is 0.410 e. The van der Waals surface area contributed by atoms with Crippen molar-refractivity contribution < 1.29 is 24.2 Å². The lowest BCUT2D eigenvalue weighted by atomic mass is 10.1. The fourth-order valence-corrected chi connectivity index (χ4v) is 3.88. The highest BCUT2D eigenvalue weighted by Crippen LogP contribution is 2.39. The van der Waals surface area contributed by atoms with Gasteiger partial charge in [0, 0.05) is 6.54 Å². The molecule has 24 heavy (non-hydrogen) atoms. The monoisotopic (exact) mass is 361 g/mol. The summed E-state index contributed by atoms with van der Waals surface area (Å²) in [5, 5.41) is 19.5. The summed E-state index contributed by atoms with van der Waals surface area (Å²) in [6.07, 6.45) is -1.11. The topological polar surface area (TPSA) is 79.2 Å². The number of aliphatic hydroxyl groups excluding tert-OH is 2. The highest BCUT2D eigenvalue weighted by Gasteiger charge is 2.46. The van der Waals surface area contributed by atoms with E-state index in [1.54, 1.807) is 0 Å². The number of rotatable bonds is 4. The molecular formula is C17H35NO5Si. The summed E-state index contributed by atoms with van der Waals surface area (Å²) in [5.41, 5.74) is -0.607. The first-order valence-corrected chi connectivity index (χ1v) is 11.5. The summed E-state index contributed by atoms with van der Waals surface area (Å²) in [4.78, 5) is 14.0. The molecule has 0 aliphatic carbocycles. The van der Waals surface area contributed by atoms with Crippen molar-refractivity contribution >= 4 is 14.4 Å². The van der Waals surface area contributed by atoms with Gasteiger partial charge in [0.25, 0.3) is 0 Å². The zero-order valence-corrected chi connectivity index (χ0v) is 17.4. The van der Waals surface area contributed by atoms with E-state index < -0.39 is 38.8 Å². The van der Waals surface area contributed by atoms with Crippen molar-refractivity contribution in [2.24, 2.45) is 0 Å². The first-order valence-electron chi connectivity index (χ1n) is 8.64. The van der Waals surface area contributed by atoms with Crippen LogP contribution in [0.4, 0.5) is 4.79 Å². The Kier molecular flexibility index (Phi) is 6.52. The van der Waals surface area contributed by atoms with Gasteiger partial charge in [0.15, 0.2) is 8.32 Å². The Labute approximate surface area is 147 Å². The minimum atomic E-state index is -1.98. The lowest BCUT2D eigenvalue weighted by Gasteiger charge is -2.38. The van der Waals surface area contributed by atoms with Crippen LogP contribution >= 0.6 is 0 Å².